The summed E-state index contributed by atoms with van der Waals surface area (Å²) in [5.41, 5.74) is 0.520. The Labute approximate surface area is 122 Å². The maximum Gasteiger partial charge on any atom is 0.265 e. The van der Waals surface area contributed by atoms with E-state index >= 15 is 0 Å². The summed E-state index contributed by atoms with van der Waals surface area (Å²) in [4.78, 5) is 0.872. The van der Waals surface area contributed by atoms with E-state index in [4.69, 9.17) is 9.52 Å². The third kappa shape index (κ3) is 3.00. The van der Waals surface area contributed by atoms with Crippen molar-refractivity contribution in [1.29, 1.82) is 0 Å². The van der Waals surface area contributed by atoms with E-state index in [1.807, 2.05) is 18.4 Å². The van der Waals surface area contributed by atoms with Crippen molar-refractivity contribution in [3.8, 4) is 0 Å². The Morgan fingerprint density at radius 3 is 2.65 bits per heavy atom. The van der Waals surface area contributed by atoms with E-state index in [2.05, 4.69) is 4.72 Å². The van der Waals surface area contributed by atoms with Crippen molar-refractivity contribution in [2.75, 3.05) is 11.0 Å². The first kappa shape index (κ1) is 15.0. The van der Waals surface area contributed by atoms with Gasteiger partial charge in [0.2, 0.25) is 0 Å². The minimum atomic E-state index is -3.73. The highest BCUT2D eigenvalue weighted by Gasteiger charge is 2.22. The van der Waals surface area contributed by atoms with Gasteiger partial charge in [-0.3, -0.25) is 4.72 Å². The second-order valence-electron chi connectivity index (χ2n) is 4.10. The molecule has 1 heterocycles. The second kappa shape index (κ2) is 5.90. The number of para-hydroxylation sites is 1. The standard InChI is InChI=1S/C13H15NO4S2/c1-9-13(7-10(8-15)18-9)20(16,17)14-11-5-3-4-6-12(11)19-2/h3-7,14-15H,8H2,1-2H3. The van der Waals surface area contributed by atoms with Crippen molar-refractivity contribution in [2.24, 2.45) is 0 Å². The van der Waals surface area contributed by atoms with E-state index in [-0.39, 0.29) is 23.0 Å². The van der Waals surface area contributed by atoms with Crippen LogP contribution in [0.15, 0.2) is 44.5 Å². The SMILES string of the molecule is CSc1ccccc1NS(=O)(=O)c1cc(CO)oc1C. The molecule has 0 aliphatic carbocycles. The number of nitrogens with one attached hydrogen (secondary N) is 1. The van der Waals surface area contributed by atoms with Crippen LogP contribution in [0.4, 0.5) is 5.69 Å². The van der Waals surface area contributed by atoms with Gasteiger partial charge in [0, 0.05) is 11.0 Å². The van der Waals surface area contributed by atoms with Gasteiger partial charge in [-0.1, -0.05) is 12.1 Å². The molecule has 0 saturated carbocycles. The first-order valence-corrected chi connectivity index (χ1v) is 8.54. The van der Waals surface area contributed by atoms with Crippen molar-refractivity contribution < 1.29 is 17.9 Å². The summed E-state index contributed by atoms with van der Waals surface area (Å²) in [5, 5.41) is 9.00. The highest BCUT2D eigenvalue weighted by atomic mass is 32.2. The summed E-state index contributed by atoms with van der Waals surface area (Å²) in [5.74, 6) is 0.476. The van der Waals surface area contributed by atoms with E-state index in [9.17, 15) is 8.42 Å². The first-order valence-electron chi connectivity index (χ1n) is 5.84. The Balaban J connectivity index is 2.38. The lowest BCUT2D eigenvalue weighted by Crippen LogP contribution is -2.13. The number of furan rings is 1. The van der Waals surface area contributed by atoms with Crippen molar-refractivity contribution in [3.63, 3.8) is 0 Å². The van der Waals surface area contributed by atoms with Crippen molar-refractivity contribution in [3.05, 3.63) is 41.9 Å². The zero-order valence-electron chi connectivity index (χ0n) is 11.1. The van der Waals surface area contributed by atoms with Gasteiger partial charge in [-0.2, -0.15) is 0 Å². The molecule has 108 valence electrons. The van der Waals surface area contributed by atoms with Gasteiger partial charge in [0.25, 0.3) is 10.0 Å². The van der Waals surface area contributed by atoms with Crippen LogP contribution in [0, 0.1) is 6.92 Å². The summed E-state index contributed by atoms with van der Waals surface area (Å²) in [6.45, 7) is 1.21. The lowest BCUT2D eigenvalue weighted by molar-refractivity contribution is 0.245. The summed E-state index contributed by atoms with van der Waals surface area (Å²) < 4.78 is 32.4. The molecule has 0 fully saturated rings. The van der Waals surface area contributed by atoms with Crippen molar-refractivity contribution >= 4 is 27.5 Å². The van der Waals surface area contributed by atoms with Crippen molar-refractivity contribution in [1.82, 2.24) is 0 Å². The van der Waals surface area contributed by atoms with Crippen LogP contribution in [-0.4, -0.2) is 19.8 Å². The van der Waals surface area contributed by atoms with E-state index in [0.717, 1.165) is 4.90 Å². The molecule has 20 heavy (non-hydrogen) atoms. The van der Waals surface area contributed by atoms with Gasteiger partial charge >= 0.3 is 0 Å². The number of aliphatic hydroxyl groups excluding tert-OH is 1. The number of aryl methyl sites for hydroxylation is 1. The number of thioether (sulfide) groups is 1. The van der Waals surface area contributed by atoms with Crippen LogP contribution in [0.25, 0.3) is 0 Å². The second-order valence-corrected chi connectivity index (χ2v) is 6.60. The normalized spacial score (nSPS) is 11.6. The predicted molar refractivity (Wildman–Crippen MR) is 78.4 cm³/mol. The molecule has 2 N–H and O–H groups in total. The molecule has 1 aromatic heterocycles. The van der Waals surface area contributed by atoms with Gasteiger partial charge in [-0.15, -0.1) is 11.8 Å². The van der Waals surface area contributed by atoms with Crippen LogP contribution >= 0.6 is 11.8 Å². The molecule has 0 spiro atoms. The highest BCUT2D eigenvalue weighted by molar-refractivity contribution is 7.99. The Kier molecular flexibility index (Phi) is 4.42. The molecule has 0 radical (unpaired) electrons. The fourth-order valence-corrected chi connectivity index (χ4v) is 3.70. The summed E-state index contributed by atoms with van der Waals surface area (Å²) in [7, 11) is -3.73. The molecule has 0 saturated heterocycles. The smallest absolute Gasteiger partial charge is 0.265 e. The number of hydrogen-bond donors (Lipinski definition) is 2. The molecule has 2 rings (SSSR count). The predicted octanol–water partition coefficient (Wildman–Crippen LogP) is 2.60. The van der Waals surface area contributed by atoms with Gasteiger partial charge < -0.3 is 9.52 Å². The Morgan fingerprint density at radius 2 is 2.05 bits per heavy atom. The third-order valence-electron chi connectivity index (χ3n) is 2.72. The fourth-order valence-electron chi connectivity index (χ4n) is 1.80. The van der Waals surface area contributed by atoms with E-state index < -0.39 is 10.0 Å². The largest absolute Gasteiger partial charge is 0.462 e. The molecule has 1 aromatic carbocycles. The van der Waals surface area contributed by atoms with Gasteiger partial charge in [-0.25, -0.2) is 8.42 Å². The Bertz CT molecular complexity index is 707. The molecule has 2 aromatic rings. The van der Waals surface area contributed by atoms with E-state index in [0.29, 0.717) is 5.69 Å². The number of hydrogen-bond acceptors (Lipinski definition) is 5. The minimum absolute atomic E-state index is 0.0393. The molecular weight excluding hydrogens is 298 g/mol. The molecular formula is C13H15NO4S2. The van der Waals surface area contributed by atoms with Crippen LogP contribution in [0.1, 0.15) is 11.5 Å². The molecule has 0 amide bonds. The third-order valence-corrected chi connectivity index (χ3v) is 4.99. The molecule has 5 nitrogen and oxygen atoms in total. The molecule has 0 unspecified atom stereocenters. The Hall–Kier alpha value is -1.44. The van der Waals surface area contributed by atoms with E-state index in [1.165, 1.54) is 17.8 Å². The number of anilines is 1. The van der Waals surface area contributed by atoms with Gasteiger partial charge in [0.1, 0.15) is 23.0 Å². The maximum atomic E-state index is 12.4. The highest BCUT2D eigenvalue weighted by Crippen LogP contribution is 2.28. The summed E-state index contributed by atoms with van der Waals surface area (Å²) in [6, 6.07) is 8.48. The Morgan fingerprint density at radius 1 is 1.35 bits per heavy atom. The number of aliphatic hydroxyl groups is 1. The number of sulfonamides is 1. The van der Waals surface area contributed by atoms with Crippen LogP contribution in [0.2, 0.25) is 0 Å². The van der Waals surface area contributed by atoms with Gasteiger partial charge in [-0.05, 0) is 25.3 Å². The topological polar surface area (TPSA) is 79.5 Å². The molecule has 0 aliphatic heterocycles. The van der Waals surface area contributed by atoms with Crippen molar-refractivity contribution in [2.45, 2.75) is 23.3 Å². The van der Waals surface area contributed by atoms with Gasteiger partial charge in [0.05, 0.1) is 5.69 Å². The fraction of sp³-hybridized carbons (Fsp3) is 0.231. The lowest BCUT2D eigenvalue weighted by Gasteiger charge is -2.10. The zero-order valence-corrected chi connectivity index (χ0v) is 12.7. The first-order chi connectivity index (χ1) is 9.47. The maximum absolute atomic E-state index is 12.4. The van der Waals surface area contributed by atoms with Gasteiger partial charge in [0.15, 0.2) is 0 Å². The van der Waals surface area contributed by atoms with Crippen LogP contribution in [0.3, 0.4) is 0 Å². The quantitative estimate of drug-likeness (QED) is 0.829. The molecule has 7 heteroatoms. The monoisotopic (exact) mass is 313 g/mol. The average Bonchev–Trinajstić information content (AvgIpc) is 2.81. The lowest BCUT2D eigenvalue weighted by atomic mass is 10.3. The average molecular weight is 313 g/mol. The molecule has 0 bridgehead atoms. The summed E-state index contributed by atoms with van der Waals surface area (Å²) >= 11 is 1.45. The number of benzene rings is 1. The zero-order chi connectivity index (χ0) is 14.8. The molecule has 0 aliphatic rings. The summed E-state index contributed by atoms with van der Waals surface area (Å²) in [6.07, 6.45) is 1.88. The van der Waals surface area contributed by atoms with Crippen LogP contribution < -0.4 is 4.72 Å². The van der Waals surface area contributed by atoms with Crippen LogP contribution in [-0.2, 0) is 16.6 Å². The number of rotatable bonds is 5. The van der Waals surface area contributed by atoms with Crippen LogP contribution in [0.5, 0.6) is 0 Å². The van der Waals surface area contributed by atoms with E-state index in [1.54, 1.807) is 19.1 Å². The minimum Gasteiger partial charge on any atom is -0.462 e. The molecule has 0 atom stereocenters.